The van der Waals surface area contributed by atoms with Gasteiger partial charge in [-0.2, -0.15) is 0 Å². The molecule has 0 spiro atoms. The van der Waals surface area contributed by atoms with Gasteiger partial charge in [0.25, 0.3) is 0 Å². The molecule has 0 bridgehead atoms. The van der Waals surface area contributed by atoms with Crippen LogP contribution in [-0.4, -0.2) is 18.5 Å². The number of carbonyl (C=O) groups is 1. The zero-order valence-corrected chi connectivity index (χ0v) is 19.3. The average molecular weight is 400 g/mol. The fourth-order valence-electron chi connectivity index (χ4n) is 3.53. The Hall–Kier alpha value is -1.93. The molecule has 0 aliphatic carbocycles. The van der Waals surface area contributed by atoms with Gasteiger partial charge < -0.3 is 0 Å². The smallest absolute Gasteiger partial charge is 0.155 e. The number of Topliss-reactive ketones (excluding diaryl/α,β-unsaturated/α-hetero) is 1. The minimum absolute atomic E-state index is 0.118. The number of carbonyl (C=O) groups excluding carboxylic acids is 1. The number of ketones is 1. The molecule has 0 saturated carbocycles. The number of unbranched alkanes of at least 4 members (excludes halogenated alkanes) is 1. The third-order valence-electron chi connectivity index (χ3n) is 5.15. The quantitative estimate of drug-likeness (QED) is 0.238. The van der Waals surface area contributed by atoms with E-state index in [4.69, 9.17) is 11.6 Å². The molecular weight excluding hydrogens is 366 g/mol. The van der Waals surface area contributed by atoms with E-state index in [1.165, 1.54) is 0 Å². The van der Waals surface area contributed by atoms with Gasteiger partial charge in [0.2, 0.25) is 0 Å². The highest BCUT2D eigenvalue weighted by molar-refractivity contribution is 6.36. The molecular formula is C25H34ClNO. The van der Waals surface area contributed by atoms with Crippen molar-refractivity contribution in [2.24, 2.45) is 4.99 Å². The van der Waals surface area contributed by atoms with Crippen molar-refractivity contribution < 1.29 is 4.79 Å². The van der Waals surface area contributed by atoms with Crippen LogP contribution in [0.2, 0.25) is 5.02 Å². The fourth-order valence-corrected chi connectivity index (χ4v) is 3.83. The first kappa shape index (κ1) is 24.1. The maximum atomic E-state index is 12.1. The molecule has 0 radical (unpaired) electrons. The average Bonchev–Trinajstić information content (AvgIpc) is 2.64. The lowest BCUT2D eigenvalue weighted by atomic mass is 9.85. The zero-order valence-electron chi connectivity index (χ0n) is 18.5. The van der Waals surface area contributed by atoms with E-state index in [0.29, 0.717) is 11.4 Å². The van der Waals surface area contributed by atoms with Gasteiger partial charge in [0.15, 0.2) is 5.78 Å². The highest BCUT2D eigenvalue weighted by Crippen LogP contribution is 2.37. The van der Waals surface area contributed by atoms with Crippen LogP contribution in [0.3, 0.4) is 0 Å². The first-order chi connectivity index (χ1) is 13.2. The van der Waals surface area contributed by atoms with E-state index in [1.807, 2.05) is 19.1 Å². The Morgan fingerprint density at radius 2 is 1.86 bits per heavy atom. The summed E-state index contributed by atoms with van der Waals surface area (Å²) in [5.41, 5.74) is 8.37. The maximum Gasteiger partial charge on any atom is 0.155 e. The van der Waals surface area contributed by atoms with Crippen LogP contribution >= 0.6 is 11.6 Å². The number of halogens is 1. The van der Waals surface area contributed by atoms with Crippen LogP contribution in [0.1, 0.15) is 77.0 Å². The number of benzene rings is 1. The summed E-state index contributed by atoms with van der Waals surface area (Å²) in [6.45, 7) is 15.9. The fraction of sp³-hybridized carbons (Fsp3) is 0.440. The molecule has 0 heterocycles. The normalized spacial score (nSPS) is 12.5. The number of hydrogen-bond acceptors (Lipinski definition) is 2. The molecule has 0 aliphatic heterocycles. The largest absolute Gasteiger partial charge is 0.295 e. The Balaban J connectivity index is 3.83. The monoisotopic (exact) mass is 399 g/mol. The predicted octanol–water partition coefficient (Wildman–Crippen LogP) is 7.64. The van der Waals surface area contributed by atoms with Gasteiger partial charge in [-0.05, 0) is 75.8 Å². The van der Waals surface area contributed by atoms with Crippen LogP contribution in [0, 0.1) is 6.92 Å². The van der Waals surface area contributed by atoms with Crippen molar-refractivity contribution in [1.82, 2.24) is 0 Å². The molecule has 0 fully saturated rings. The van der Waals surface area contributed by atoms with E-state index in [0.717, 1.165) is 64.0 Å². The zero-order chi connectivity index (χ0) is 21.4. The lowest BCUT2D eigenvalue weighted by Crippen LogP contribution is -2.08. The van der Waals surface area contributed by atoms with Crippen molar-refractivity contribution in [3.63, 3.8) is 0 Å². The van der Waals surface area contributed by atoms with Crippen LogP contribution in [0.25, 0.3) is 11.1 Å². The molecule has 28 heavy (non-hydrogen) atoms. The molecule has 0 unspecified atom stereocenters. The molecule has 1 rings (SSSR count). The minimum Gasteiger partial charge on any atom is -0.295 e. The van der Waals surface area contributed by atoms with Crippen molar-refractivity contribution in [2.45, 2.75) is 67.2 Å². The second kappa shape index (κ2) is 11.2. The molecule has 3 heteroatoms. The first-order valence-corrected chi connectivity index (χ1v) is 10.3. The van der Waals surface area contributed by atoms with E-state index in [2.05, 4.69) is 45.3 Å². The Labute approximate surface area is 176 Å². The Bertz CT molecular complexity index is 836. The van der Waals surface area contributed by atoms with Gasteiger partial charge in [0.1, 0.15) is 0 Å². The minimum atomic E-state index is 0.118. The Morgan fingerprint density at radius 1 is 1.21 bits per heavy atom. The standard InChI is InChI=1S/C25H34ClNO/c1-9-11-13-20(17(5)19(7)28)21-14-15-22(26)25(18(21)6)24(16(3)4)23(27-8)12-10-2/h10,14-15H,2,9,11-13H2,1,3-8H3/b20-17+,27-23-. The summed E-state index contributed by atoms with van der Waals surface area (Å²) < 4.78 is 0. The van der Waals surface area contributed by atoms with E-state index in [1.54, 1.807) is 14.0 Å². The van der Waals surface area contributed by atoms with E-state index in [9.17, 15) is 4.79 Å². The summed E-state index contributed by atoms with van der Waals surface area (Å²) in [7, 11) is 1.81. The van der Waals surface area contributed by atoms with Crippen molar-refractivity contribution >= 4 is 34.2 Å². The Kier molecular flexibility index (Phi) is 9.61. The third kappa shape index (κ3) is 5.54. The summed E-state index contributed by atoms with van der Waals surface area (Å²) >= 11 is 6.69. The molecule has 0 N–H and O–H groups in total. The van der Waals surface area contributed by atoms with Gasteiger partial charge in [-0.1, -0.05) is 42.7 Å². The number of nitrogens with zero attached hydrogens (tertiary/aromatic N) is 1. The number of rotatable bonds is 9. The molecule has 2 nitrogen and oxygen atoms in total. The highest BCUT2D eigenvalue weighted by atomic mass is 35.5. The van der Waals surface area contributed by atoms with Crippen LogP contribution in [-0.2, 0) is 4.79 Å². The van der Waals surface area contributed by atoms with Gasteiger partial charge in [-0.25, -0.2) is 0 Å². The van der Waals surface area contributed by atoms with Crippen LogP contribution < -0.4 is 0 Å². The van der Waals surface area contributed by atoms with Gasteiger partial charge >= 0.3 is 0 Å². The van der Waals surface area contributed by atoms with Crippen molar-refractivity contribution in [2.75, 3.05) is 7.05 Å². The van der Waals surface area contributed by atoms with Crippen molar-refractivity contribution in [3.05, 3.63) is 57.6 Å². The summed E-state index contributed by atoms with van der Waals surface area (Å²) in [6, 6.07) is 4.00. The van der Waals surface area contributed by atoms with Gasteiger partial charge in [0, 0.05) is 35.3 Å². The van der Waals surface area contributed by atoms with Crippen LogP contribution in [0.4, 0.5) is 0 Å². The maximum absolute atomic E-state index is 12.1. The van der Waals surface area contributed by atoms with Gasteiger partial charge in [0.05, 0.1) is 0 Å². The number of hydrogen-bond donors (Lipinski definition) is 0. The van der Waals surface area contributed by atoms with Gasteiger partial charge in [-0.15, -0.1) is 6.58 Å². The molecule has 0 amide bonds. The lowest BCUT2D eigenvalue weighted by Gasteiger charge is -2.21. The summed E-state index contributed by atoms with van der Waals surface area (Å²) in [6.07, 6.45) is 5.56. The topological polar surface area (TPSA) is 29.4 Å². The van der Waals surface area contributed by atoms with Gasteiger partial charge in [-0.3, -0.25) is 9.79 Å². The van der Waals surface area contributed by atoms with Crippen LogP contribution in [0.5, 0.6) is 0 Å². The molecule has 1 aromatic rings. The molecule has 0 aromatic heterocycles. The number of allylic oxidation sites excluding steroid dienone is 5. The molecule has 152 valence electrons. The summed E-state index contributed by atoms with van der Waals surface area (Å²) in [5, 5.41) is 0.706. The molecule has 0 saturated heterocycles. The van der Waals surface area contributed by atoms with Crippen molar-refractivity contribution in [1.29, 1.82) is 0 Å². The highest BCUT2D eigenvalue weighted by Gasteiger charge is 2.20. The third-order valence-corrected chi connectivity index (χ3v) is 5.46. The van der Waals surface area contributed by atoms with E-state index in [-0.39, 0.29) is 5.78 Å². The first-order valence-electron chi connectivity index (χ1n) is 9.96. The van der Waals surface area contributed by atoms with E-state index >= 15 is 0 Å². The van der Waals surface area contributed by atoms with Crippen LogP contribution in [0.15, 0.2) is 40.9 Å². The molecule has 0 aliphatic rings. The van der Waals surface area contributed by atoms with Crippen molar-refractivity contribution in [3.8, 4) is 0 Å². The lowest BCUT2D eigenvalue weighted by molar-refractivity contribution is -0.113. The Morgan fingerprint density at radius 3 is 2.32 bits per heavy atom. The number of aliphatic imine (C=N–C) groups is 1. The summed E-state index contributed by atoms with van der Waals surface area (Å²) in [5.74, 6) is 0.118. The van der Waals surface area contributed by atoms with E-state index < -0.39 is 0 Å². The molecule has 1 aromatic carbocycles. The second-order valence-electron chi connectivity index (χ2n) is 7.40. The SMILES string of the molecule is C=CC/C(=N/C)C(=C(C)C)c1c(Cl)ccc(/C(CCCC)=C(\C)C(C)=O)c1C. The summed E-state index contributed by atoms with van der Waals surface area (Å²) in [4.78, 5) is 16.7. The second-order valence-corrected chi connectivity index (χ2v) is 7.80. The molecule has 0 atom stereocenters. The predicted molar refractivity (Wildman–Crippen MR) is 125 cm³/mol.